The summed E-state index contributed by atoms with van der Waals surface area (Å²) in [6, 6.07) is 2.96. The van der Waals surface area contributed by atoms with E-state index in [1.165, 1.54) is 0 Å². The summed E-state index contributed by atoms with van der Waals surface area (Å²) < 4.78 is 0. The second-order valence-corrected chi connectivity index (χ2v) is 3.46. The van der Waals surface area contributed by atoms with Gasteiger partial charge in [0.25, 0.3) is 5.69 Å². The van der Waals surface area contributed by atoms with Crippen molar-refractivity contribution < 1.29 is 9.72 Å². The minimum atomic E-state index is -0.620. The molecule has 0 spiro atoms. The van der Waals surface area contributed by atoms with Gasteiger partial charge in [-0.3, -0.25) is 14.9 Å². The lowest BCUT2D eigenvalue weighted by Gasteiger charge is -2.05. The number of nitrogens with zero attached hydrogens (tertiary/aromatic N) is 3. The summed E-state index contributed by atoms with van der Waals surface area (Å²) in [5.74, 6) is -0.151. The number of nitro groups is 1. The highest BCUT2D eigenvalue weighted by Crippen LogP contribution is 2.17. The number of primary amides is 1. The maximum atomic E-state index is 10.5. The Morgan fingerprint density at radius 3 is 2.94 bits per heavy atom. The standard InChI is InChI=1S/C10H11N5O3/c11-5-7-4-8(15(17)18)6-14-10(7)13-3-1-2-9(12)16/h4,6H,1-3H2,(H2,12,16)(H,13,14). The predicted molar refractivity (Wildman–Crippen MR) is 62.5 cm³/mol. The molecule has 0 aliphatic heterocycles. The number of hydrogen-bond donors (Lipinski definition) is 2. The number of pyridine rings is 1. The van der Waals surface area contributed by atoms with Gasteiger partial charge in [-0.2, -0.15) is 5.26 Å². The van der Waals surface area contributed by atoms with Gasteiger partial charge >= 0.3 is 0 Å². The molecule has 0 saturated carbocycles. The van der Waals surface area contributed by atoms with E-state index in [1.54, 1.807) is 0 Å². The number of rotatable bonds is 6. The van der Waals surface area contributed by atoms with Crippen molar-refractivity contribution in [2.75, 3.05) is 11.9 Å². The minimum absolute atomic E-state index is 0.0864. The summed E-state index contributed by atoms with van der Waals surface area (Å²) in [5.41, 5.74) is 4.82. The van der Waals surface area contributed by atoms with Crippen LogP contribution in [0.25, 0.3) is 0 Å². The van der Waals surface area contributed by atoms with Crippen molar-refractivity contribution >= 4 is 17.4 Å². The Hall–Kier alpha value is -2.69. The summed E-state index contributed by atoms with van der Waals surface area (Å²) in [4.78, 5) is 24.2. The van der Waals surface area contributed by atoms with Crippen LogP contribution in [0.4, 0.5) is 11.5 Å². The van der Waals surface area contributed by atoms with Crippen LogP contribution in [0, 0.1) is 21.4 Å². The van der Waals surface area contributed by atoms with E-state index in [0.717, 1.165) is 12.3 Å². The van der Waals surface area contributed by atoms with Gasteiger partial charge in [-0.25, -0.2) is 4.98 Å². The number of nitriles is 1. The van der Waals surface area contributed by atoms with Gasteiger partial charge in [0.15, 0.2) is 0 Å². The van der Waals surface area contributed by atoms with Gasteiger partial charge in [0.1, 0.15) is 23.6 Å². The van der Waals surface area contributed by atoms with Gasteiger partial charge in [-0.05, 0) is 6.42 Å². The van der Waals surface area contributed by atoms with Gasteiger partial charge in [0.2, 0.25) is 5.91 Å². The first-order chi connectivity index (χ1) is 8.54. The molecular formula is C10H11N5O3. The molecule has 1 heterocycles. The third-order valence-corrected chi connectivity index (χ3v) is 2.10. The van der Waals surface area contributed by atoms with E-state index in [9.17, 15) is 14.9 Å². The van der Waals surface area contributed by atoms with Gasteiger partial charge in [0, 0.05) is 19.0 Å². The van der Waals surface area contributed by atoms with Crippen molar-refractivity contribution in [1.29, 1.82) is 5.26 Å². The number of hydrogen-bond acceptors (Lipinski definition) is 6. The normalized spacial score (nSPS) is 9.50. The van der Waals surface area contributed by atoms with Crippen LogP contribution in [0.15, 0.2) is 12.3 Å². The van der Waals surface area contributed by atoms with E-state index in [0.29, 0.717) is 13.0 Å². The lowest BCUT2D eigenvalue weighted by atomic mass is 10.2. The molecule has 0 aliphatic rings. The molecule has 94 valence electrons. The summed E-state index contributed by atoms with van der Waals surface area (Å²) >= 11 is 0. The van der Waals surface area contributed by atoms with Crippen LogP contribution in [0.5, 0.6) is 0 Å². The molecule has 0 aliphatic carbocycles. The number of carbonyl (C=O) groups excluding carboxylic acids is 1. The molecule has 0 atom stereocenters. The molecule has 0 radical (unpaired) electrons. The fourth-order valence-corrected chi connectivity index (χ4v) is 1.25. The second kappa shape index (κ2) is 6.15. The molecule has 1 aromatic heterocycles. The Labute approximate surface area is 103 Å². The average Bonchev–Trinajstić information content (AvgIpc) is 2.34. The lowest BCUT2D eigenvalue weighted by molar-refractivity contribution is -0.385. The van der Waals surface area contributed by atoms with Crippen LogP contribution in [-0.2, 0) is 4.79 Å². The van der Waals surface area contributed by atoms with Crippen molar-refractivity contribution in [3.63, 3.8) is 0 Å². The van der Waals surface area contributed by atoms with E-state index in [2.05, 4.69) is 10.3 Å². The van der Waals surface area contributed by atoms with Crippen molar-refractivity contribution in [1.82, 2.24) is 4.98 Å². The van der Waals surface area contributed by atoms with E-state index >= 15 is 0 Å². The molecule has 0 aromatic carbocycles. The number of carbonyl (C=O) groups is 1. The fraction of sp³-hybridized carbons (Fsp3) is 0.300. The number of nitrogens with one attached hydrogen (secondary N) is 1. The highest BCUT2D eigenvalue weighted by molar-refractivity contribution is 5.73. The van der Waals surface area contributed by atoms with Crippen LogP contribution in [0.1, 0.15) is 18.4 Å². The Kier molecular flexibility index (Phi) is 4.57. The van der Waals surface area contributed by atoms with Crippen LogP contribution in [0.2, 0.25) is 0 Å². The second-order valence-electron chi connectivity index (χ2n) is 3.46. The predicted octanol–water partition coefficient (Wildman–Crippen LogP) is 0.539. The van der Waals surface area contributed by atoms with Crippen molar-refractivity contribution in [2.24, 2.45) is 5.73 Å². The maximum absolute atomic E-state index is 10.5. The monoisotopic (exact) mass is 249 g/mol. The molecule has 1 aromatic rings. The highest BCUT2D eigenvalue weighted by atomic mass is 16.6. The molecule has 1 amide bonds. The smallest absolute Gasteiger partial charge is 0.289 e. The fourth-order valence-electron chi connectivity index (χ4n) is 1.25. The third-order valence-electron chi connectivity index (χ3n) is 2.10. The Morgan fingerprint density at radius 1 is 1.67 bits per heavy atom. The SMILES string of the molecule is N#Cc1cc([N+](=O)[O-])cnc1NCCCC(N)=O. The van der Waals surface area contributed by atoms with Gasteiger partial charge in [-0.1, -0.05) is 0 Å². The first kappa shape index (κ1) is 13.4. The van der Waals surface area contributed by atoms with Crippen LogP contribution in [0.3, 0.4) is 0 Å². The summed E-state index contributed by atoms with van der Waals surface area (Å²) in [6.07, 6.45) is 1.79. The number of amides is 1. The van der Waals surface area contributed by atoms with Crippen LogP contribution in [-0.4, -0.2) is 22.4 Å². The Balaban J connectivity index is 2.69. The molecule has 3 N–H and O–H groups in total. The van der Waals surface area contributed by atoms with Crippen LogP contribution < -0.4 is 11.1 Å². The minimum Gasteiger partial charge on any atom is -0.370 e. The zero-order valence-electron chi connectivity index (χ0n) is 9.42. The number of anilines is 1. The molecule has 0 fully saturated rings. The Morgan fingerprint density at radius 2 is 2.39 bits per heavy atom. The van der Waals surface area contributed by atoms with Gasteiger partial charge in [0.05, 0.1) is 4.92 Å². The van der Waals surface area contributed by atoms with E-state index < -0.39 is 10.8 Å². The van der Waals surface area contributed by atoms with Gasteiger partial charge < -0.3 is 11.1 Å². The average molecular weight is 249 g/mol. The zero-order valence-corrected chi connectivity index (χ0v) is 9.42. The van der Waals surface area contributed by atoms with Gasteiger partial charge in [-0.15, -0.1) is 0 Å². The molecule has 18 heavy (non-hydrogen) atoms. The molecule has 1 rings (SSSR count). The number of nitrogens with two attached hydrogens (primary N) is 1. The highest BCUT2D eigenvalue weighted by Gasteiger charge is 2.11. The van der Waals surface area contributed by atoms with E-state index in [1.807, 2.05) is 6.07 Å². The number of aromatic nitrogens is 1. The van der Waals surface area contributed by atoms with E-state index in [4.69, 9.17) is 11.0 Å². The van der Waals surface area contributed by atoms with Crippen molar-refractivity contribution in [2.45, 2.75) is 12.8 Å². The maximum Gasteiger partial charge on any atom is 0.289 e. The molecule has 0 unspecified atom stereocenters. The Bertz CT molecular complexity index is 509. The summed E-state index contributed by atoms with van der Waals surface area (Å²) in [7, 11) is 0. The molecule has 0 saturated heterocycles. The third kappa shape index (κ3) is 3.71. The van der Waals surface area contributed by atoms with Crippen molar-refractivity contribution in [3.05, 3.63) is 27.9 Å². The quantitative estimate of drug-likeness (QED) is 0.429. The van der Waals surface area contributed by atoms with E-state index in [-0.39, 0.29) is 23.5 Å². The molecular weight excluding hydrogens is 238 g/mol. The zero-order chi connectivity index (χ0) is 13.5. The largest absolute Gasteiger partial charge is 0.370 e. The topological polar surface area (TPSA) is 135 Å². The van der Waals surface area contributed by atoms with Crippen molar-refractivity contribution in [3.8, 4) is 6.07 Å². The first-order valence-electron chi connectivity index (χ1n) is 5.11. The first-order valence-corrected chi connectivity index (χ1v) is 5.11. The molecule has 8 nitrogen and oxygen atoms in total. The summed E-state index contributed by atoms with van der Waals surface area (Å²) in [6.45, 7) is 0.405. The van der Waals surface area contributed by atoms with Crippen LogP contribution >= 0.6 is 0 Å². The lowest BCUT2D eigenvalue weighted by Crippen LogP contribution is -2.13. The molecule has 8 heteroatoms. The summed E-state index contributed by atoms with van der Waals surface area (Å²) in [5, 5.41) is 22.2. The molecule has 0 bridgehead atoms.